The third-order valence-electron chi connectivity index (χ3n) is 1.46. The second-order valence-corrected chi connectivity index (χ2v) is 3.49. The lowest BCUT2D eigenvalue weighted by molar-refractivity contribution is 0.152. The van der Waals surface area contributed by atoms with Crippen LogP contribution < -0.4 is 0 Å². The van der Waals surface area contributed by atoms with Crippen molar-refractivity contribution in [1.29, 1.82) is 0 Å². The van der Waals surface area contributed by atoms with Crippen LogP contribution in [-0.4, -0.2) is 12.8 Å². The van der Waals surface area contributed by atoms with Gasteiger partial charge in [0.05, 0.1) is 6.21 Å². The van der Waals surface area contributed by atoms with E-state index in [1.807, 2.05) is 24.3 Å². The van der Waals surface area contributed by atoms with Gasteiger partial charge in [0.15, 0.2) is 0 Å². The summed E-state index contributed by atoms with van der Waals surface area (Å²) in [6.45, 7) is 0.459. The molecule has 0 atom stereocenters. The highest BCUT2D eigenvalue weighted by atomic mass is 79.9. The van der Waals surface area contributed by atoms with Gasteiger partial charge in [-0.3, -0.25) is 0 Å². The summed E-state index contributed by atoms with van der Waals surface area (Å²) in [5.74, 6) is 2.47. The van der Waals surface area contributed by atoms with Crippen LogP contribution in [-0.2, 0) is 4.84 Å². The molecule has 0 N–H and O–H groups in total. The summed E-state index contributed by atoms with van der Waals surface area (Å²) in [6.07, 6.45) is 7.29. The third-order valence-corrected chi connectivity index (χ3v) is 1.96. The second kappa shape index (κ2) is 6.22. The SMILES string of the molecule is C#CCCON=Cc1cccc(Br)c1. The zero-order chi connectivity index (χ0) is 10.2. The molecule has 0 amide bonds. The van der Waals surface area contributed by atoms with Gasteiger partial charge in [-0.25, -0.2) is 0 Å². The first-order valence-corrected chi connectivity index (χ1v) is 4.96. The summed E-state index contributed by atoms with van der Waals surface area (Å²) < 4.78 is 1.02. The number of terminal acetylenes is 1. The molecule has 3 heteroatoms. The number of nitrogens with zero attached hydrogens (tertiary/aromatic N) is 1. The fraction of sp³-hybridized carbons (Fsp3) is 0.182. The summed E-state index contributed by atoms with van der Waals surface area (Å²) in [4.78, 5) is 4.93. The van der Waals surface area contributed by atoms with E-state index < -0.39 is 0 Å². The van der Waals surface area contributed by atoms with Crippen LogP contribution in [0.15, 0.2) is 33.9 Å². The molecule has 0 aromatic heterocycles. The zero-order valence-electron chi connectivity index (χ0n) is 7.61. The minimum absolute atomic E-state index is 0.459. The van der Waals surface area contributed by atoms with Gasteiger partial charge in [-0.1, -0.05) is 33.2 Å². The highest BCUT2D eigenvalue weighted by molar-refractivity contribution is 9.10. The highest BCUT2D eigenvalue weighted by Gasteiger charge is 1.88. The predicted octanol–water partition coefficient (Wildman–Crippen LogP) is 2.82. The van der Waals surface area contributed by atoms with Crippen molar-refractivity contribution in [1.82, 2.24) is 0 Å². The van der Waals surface area contributed by atoms with Crippen molar-refractivity contribution >= 4 is 22.1 Å². The van der Waals surface area contributed by atoms with E-state index in [9.17, 15) is 0 Å². The van der Waals surface area contributed by atoms with E-state index in [4.69, 9.17) is 11.3 Å². The van der Waals surface area contributed by atoms with Crippen LogP contribution in [0.4, 0.5) is 0 Å². The Morgan fingerprint density at radius 1 is 1.57 bits per heavy atom. The van der Waals surface area contributed by atoms with Crippen molar-refractivity contribution in [2.75, 3.05) is 6.61 Å². The number of hydrogen-bond acceptors (Lipinski definition) is 2. The molecule has 0 fully saturated rings. The van der Waals surface area contributed by atoms with Crippen molar-refractivity contribution in [2.24, 2.45) is 5.16 Å². The molecule has 1 aromatic rings. The van der Waals surface area contributed by atoms with E-state index in [-0.39, 0.29) is 0 Å². The van der Waals surface area contributed by atoms with Crippen molar-refractivity contribution in [2.45, 2.75) is 6.42 Å². The molecule has 14 heavy (non-hydrogen) atoms. The van der Waals surface area contributed by atoms with Crippen molar-refractivity contribution in [3.8, 4) is 12.3 Å². The lowest BCUT2D eigenvalue weighted by Crippen LogP contribution is -1.87. The van der Waals surface area contributed by atoms with Crippen LogP contribution >= 0.6 is 15.9 Å². The third kappa shape index (κ3) is 4.11. The summed E-state index contributed by atoms with van der Waals surface area (Å²) in [6, 6.07) is 7.79. The molecule has 0 radical (unpaired) electrons. The van der Waals surface area contributed by atoms with E-state index in [2.05, 4.69) is 27.0 Å². The van der Waals surface area contributed by atoms with E-state index >= 15 is 0 Å². The maximum Gasteiger partial charge on any atom is 0.128 e. The van der Waals surface area contributed by atoms with E-state index in [1.54, 1.807) is 6.21 Å². The Labute approximate surface area is 92.1 Å². The van der Waals surface area contributed by atoms with E-state index in [0.29, 0.717) is 13.0 Å². The van der Waals surface area contributed by atoms with Gasteiger partial charge < -0.3 is 4.84 Å². The molecule has 0 bridgehead atoms. The number of hydrogen-bond donors (Lipinski definition) is 0. The second-order valence-electron chi connectivity index (χ2n) is 2.58. The van der Waals surface area contributed by atoms with Gasteiger partial charge >= 0.3 is 0 Å². The summed E-state index contributed by atoms with van der Waals surface area (Å²) in [5, 5.41) is 3.78. The average molecular weight is 252 g/mol. The van der Waals surface area contributed by atoms with Crippen molar-refractivity contribution in [3.05, 3.63) is 34.3 Å². The quantitative estimate of drug-likeness (QED) is 0.349. The minimum atomic E-state index is 0.459. The Kier molecular flexibility index (Phi) is 4.81. The first-order valence-electron chi connectivity index (χ1n) is 4.17. The number of oxime groups is 1. The lowest BCUT2D eigenvalue weighted by Gasteiger charge is -1.95. The molecule has 0 aliphatic rings. The summed E-state index contributed by atoms with van der Waals surface area (Å²) in [5.41, 5.74) is 0.986. The van der Waals surface area contributed by atoms with Crippen LogP contribution in [0.2, 0.25) is 0 Å². The molecular formula is C11H10BrNO. The van der Waals surface area contributed by atoms with Crippen LogP contribution in [0, 0.1) is 12.3 Å². The monoisotopic (exact) mass is 251 g/mol. The Morgan fingerprint density at radius 2 is 2.43 bits per heavy atom. The molecule has 72 valence electrons. The van der Waals surface area contributed by atoms with Gasteiger partial charge in [0.1, 0.15) is 6.61 Å². The fourth-order valence-electron chi connectivity index (χ4n) is 0.842. The van der Waals surface area contributed by atoms with Crippen molar-refractivity contribution < 1.29 is 4.84 Å². The smallest absolute Gasteiger partial charge is 0.128 e. The van der Waals surface area contributed by atoms with Gasteiger partial charge in [0.2, 0.25) is 0 Å². The average Bonchev–Trinajstić information content (AvgIpc) is 2.18. The lowest BCUT2D eigenvalue weighted by atomic mass is 10.2. The number of benzene rings is 1. The standard InChI is InChI=1S/C11H10BrNO/c1-2-3-7-14-13-9-10-5-4-6-11(12)8-10/h1,4-6,8-9H,3,7H2. The van der Waals surface area contributed by atoms with Crippen molar-refractivity contribution in [3.63, 3.8) is 0 Å². The van der Waals surface area contributed by atoms with Gasteiger partial charge in [-0.15, -0.1) is 12.3 Å². The maximum atomic E-state index is 5.05. The molecule has 1 rings (SSSR count). The largest absolute Gasteiger partial charge is 0.395 e. The molecular weight excluding hydrogens is 242 g/mol. The number of rotatable bonds is 4. The molecule has 0 saturated heterocycles. The Morgan fingerprint density at radius 3 is 3.14 bits per heavy atom. The minimum Gasteiger partial charge on any atom is -0.395 e. The van der Waals surface area contributed by atoms with Gasteiger partial charge in [-0.05, 0) is 17.7 Å². The topological polar surface area (TPSA) is 21.6 Å². The normalized spacial score (nSPS) is 10.0. The van der Waals surface area contributed by atoms with Crippen LogP contribution in [0.25, 0.3) is 0 Å². The molecule has 0 aliphatic heterocycles. The fourth-order valence-corrected chi connectivity index (χ4v) is 1.26. The summed E-state index contributed by atoms with van der Waals surface area (Å²) >= 11 is 3.37. The van der Waals surface area contributed by atoms with E-state index in [1.165, 1.54) is 0 Å². The first-order chi connectivity index (χ1) is 6.83. The molecule has 1 aromatic carbocycles. The first kappa shape index (κ1) is 10.8. The molecule has 0 aliphatic carbocycles. The molecule has 0 unspecified atom stereocenters. The highest BCUT2D eigenvalue weighted by Crippen LogP contribution is 2.09. The molecule has 0 spiro atoms. The van der Waals surface area contributed by atoms with Gasteiger partial charge in [0.25, 0.3) is 0 Å². The molecule has 0 saturated carbocycles. The van der Waals surface area contributed by atoms with Gasteiger partial charge in [-0.2, -0.15) is 0 Å². The Balaban J connectivity index is 2.41. The zero-order valence-corrected chi connectivity index (χ0v) is 9.20. The van der Waals surface area contributed by atoms with Crippen LogP contribution in [0.3, 0.4) is 0 Å². The number of halogens is 1. The predicted molar refractivity (Wildman–Crippen MR) is 61.1 cm³/mol. The molecule has 0 heterocycles. The van der Waals surface area contributed by atoms with E-state index in [0.717, 1.165) is 10.0 Å². The van der Waals surface area contributed by atoms with Crippen LogP contribution in [0.5, 0.6) is 0 Å². The Hall–Kier alpha value is -1.27. The maximum absolute atomic E-state index is 5.05. The van der Waals surface area contributed by atoms with Gasteiger partial charge in [0, 0.05) is 10.9 Å². The summed E-state index contributed by atoms with van der Waals surface area (Å²) in [7, 11) is 0. The Bertz CT molecular complexity index is 355. The molecule has 2 nitrogen and oxygen atoms in total. The van der Waals surface area contributed by atoms with Crippen LogP contribution in [0.1, 0.15) is 12.0 Å².